The molecule has 0 aliphatic heterocycles. The van der Waals surface area contributed by atoms with E-state index in [-0.39, 0.29) is 18.1 Å². The second kappa shape index (κ2) is 7.67. The third-order valence-corrected chi connectivity index (χ3v) is 5.47. The molecule has 0 fully saturated rings. The molecule has 0 aliphatic carbocycles. The van der Waals surface area contributed by atoms with Crippen molar-refractivity contribution in [2.24, 2.45) is 5.14 Å². The molecule has 4 aromatic rings. The summed E-state index contributed by atoms with van der Waals surface area (Å²) >= 11 is 0. The smallest absolute Gasteiger partial charge is 0.238 e. The zero-order valence-corrected chi connectivity index (χ0v) is 16.2. The van der Waals surface area contributed by atoms with Crippen LogP contribution in [0.5, 0.6) is 5.75 Å². The number of nitrogens with zero attached hydrogens (tertiary/aromatic N) is 2. The van der Waals surface area contributed by atoms with Gasteiger partial charge in [0.2, 0.25) is 10.0 Å². The lowest BCUT2D eigenvalue weighted by Gasteiger charge is -2.08. The topological polar surface area (TPSA) is 107 Å². The average molecular weight is 409 g/mol. The van der Waals surface area contributed by atoms with Crippen molar-refractivity contribution in [1.29, 1.82) is 0 Å². The molecule has 3 aromatic carbocycles. The van der Waals surface area contributed by atoms with Crippen LogP contribution in [-0.4, -0.2) is 36.3 Å². The van der Waals surface area contributed by atoms with Crippen molar-refractivity contribution in [1.82, 2.24) is 9.55 Å². The number of hydrogen-bond donors (Lipinski definition) is 2. The van der Waals surface area contributed by atoms with Crippen LogP contribution in [0.2, 0.25) is 0 Å². The summed E-state index contributed by atoms with van der Waals surface area (Å²) in [4.78, 5) is 4.57. The molecule has 4 rings (SSSR count). The molecule has 148 valence electrons. The Kier molecular flexibility index (Phi) is 5.06. The number of rotatable bonds is 6. The highest BCUT2D eigenvalue weighted by atomic mass is 32.2. The van der Waals surface area contributed by atoms with Crippen molar-refractivity contribution in [2.45, 2.75) is 4.90 Å². The molecule has 0 aliphatic rings. The Labute approximate surface area is 168 Å². The van der Waals surface area contributed by atoms with E-state index in [1.165, 1.54) is 12.1 Å². The molecule has 7 nitrogen and oxygen atoms in total. The molecule has 0 spiro atoms. The molecular formula is C21H19N3O4S. The summed E-state index contributed by atoms with van der Waals surface area (Å²) in [7, 11) is -3.71. The number of imidazole rings is 1. The van der Waals surface area contributed by atoms with E-state index in [1.807, 2.05) is 47.0 Å². The van der Waals surface area contributed by atoms with Crippen LogP contribution in [0.1, 0.15) is 0 Å². The van der Waals surface area contributed by atoms with Crippen molar-refractivity contribution in [3.05, 3.63) is 73.1 Å². The third-order valence-electron chi connectivity index (χ3n) is 4.54. The van der Waals surface area contributed by atoms with E-state index in [4.69, 9.17) is 15.0 Å². The molecule has 0 saturated carbocycles. The zero-order chi connectivity index (χ0) is 20.4. The average Bonchev–Trinajstić information content (AvgIpc) is 3.15. The molecule has 0 unspecified atom stereocenters. The number of nitrogens with two attached hydrogens (primary N) is 1. The van der Waals surface area contributed by atoms with Gasteiger partial charge in [-0.25, -0.2) is 18.5 Å². The zero-order valence-electron chi connectivity index (χ0n) is 15.4. The Morgan fingerprint density at radius 1 is 0.966 bits per heavy atom. The maximum atomic E-state index is 11.4. The van der Waals surface area contributed by atoms with Crippen molar-refractivity contribution in [3.8, 4) is 22.6 Å². The van der Waals surface area contributed by atoms with Gasteiger partial charge in [0.1, 0.15) is 18.7 Å². The molecule has 0 amide bonds. The number of sulfonamides is 1. The number of aliphatic hydroxyl groups is 1. The summed E-state index contributed by atoms with van der Waals surface area (Å²) < 4.78 is 30.2. The van der Waals surface area contributed by atoms with E-state index in [0.717, 1.165) is 27.8 Å². The highest BCUT2D eigenvalue weighted by Gasteiger charge is 2.10. The van der Waals surface area contributed by atoms with Crippen molar-refractivity contribution < 1.29 is 18.3 Å². The number of benzene rings is 3. The summed E-state index contributed by atoms with van der Waals surface area (Å²) in [5.41, 5.74) is 4.50. The van der Waals surface area contributed by atoms with Crippen LogP contribution in [0.3, 0.4) is 0 Å². The molecule has 0 atom stereocenters. The van der Waals surface area contributed by atoms with Gasteiger partial charge in [-0.2, -0.15) is 0 Å². The predicted molar refractivity (Wildman–Crippen MR) is 110 cm³/mol. The molecule has 0 bridgehead atoms. The second-order valence-electron chi connectivity index (χ2n) is 6.45. The van der Waals surface area contributed by atoms with Crippen LogP contribution in [0, 0.1) is 0 Å². The monoisotopic (exact) mass is 409 g/mol. The van der Waals surface area contributed by atoms with E-state index in [2.05, 4.69) is 4.98 Å². The standard InChI is InChI=1S/C21H19N3O4S/c22-29(26,27)19-8-1-15(2-9-19)16-3-10-21-20(13-16)23-14-24(21)17-4-6-18(7-5-17)28-12-11-25/h1-10,13-14,25H,11-12H2,(H2,22,26,27). The first kappa shape index (κ1) is 19.1. The maximum Gasteiger partial charge on any atom is 0.238 e. The van der Waals surface area contributed by atoms with Gasteiger partial charge in [-0.15, -0.1) is 0 Å². The highest BCUT2D eigenvalue weighted by molar-refractivity contribution is 7.89. The lowest BCUT2D eigenvalue weighted by molar-refractivity contribution is 0.201. The van der Waals surface area contributed by atoms with Crippen molar-refractivity contribution >= 4 is 21.1 Å². The first-order valence-corrected chi connectivity index (χ1v) is 10.4. The minimum Gasteiger partial charge on any atom is -0.491 e. The summed E-state index contributed by atoms with van der Waals surface area (Å²) in [5.74, 6) is 0.692. The summed E-state index contributed by atoms with van der Waals surface area (Å²) in [6, 6.07) is 19.9. The minimum absolute atomic E-state index is 0.0268. The van der Waals surface area contributed by atoms with Crippen LogP contribution in [0.4, 0.5) is 0 Å². The van der Waals surface area contributed by atoms with E-state index < -0.39 is 10.0 Å². The van der Waals surface area contributed by atoms with Crippen LogP contribution >= 0.6 is 0 Å². The Hall–Kier alpha value is -3.20. The Morgan fingerprint density at radius 2 is 1.66 bits per heavy atom. The molecule has 8 heteroatoms. The van der Waals surface area contributed by atoms with Gasteiger partial charge in [0.15, 0.2) is 0 Å². The Morgan fingerprint density at radius 3 is 2.31 bits per heavy atom. The fourth-order valence-corrected chi connectivity index (χ4v) is 3.62. The number of hydrogen-bond acceptors (Lipinski definition) is 5. The largest absolute Gasteiger partial charge is 0.491 e. The van der Waals surface area contributed by atoms with Crippen molar-refractivity contribution in [2.75, 3.05) is 13.2 Å². The number of ether oxygens (including phenoxy) is 1. The van der Waals surface area contributed by atoms with Crippen LogP contribution in [0.15, 0.2) is 78.0 Å². The normalized spacial score (nSPS) is 11.7. The number of primary sulfonamides is 1. The van der Waals surface area contributed by atoms with E-state index in [9.17, 15) is 8.42 Å². The summed E-state index contributed by atoms with van der Waals surface area (Å²) in [6.45, 7) is 0.231. The van der Waals surface area contributed by atoms with Crippen molar-refractivity contribution in [3.63, 3.8) is 0 Å². The lowest BCUT2D eigenvalue weighted by Crippen LogP contribution is -2.11. The molecular weight excluding hydrogens is 390 g/mol. The first-order valence-electron chi connectivity index (χ1n) is 8.90. The predicted octanol–water partition coefficient (Wildman–Crippen LogP) is 2.71. The van der Waals surface area contributed by atoms with E-state index in [0.29, 0.717) is 5.75 Å². The lowest BCUT2D eigenvalue weighted by atomic mass is 10.1. The summed E-state index contributed by atoms with van der Waals surface area (Å²) in [6.07, 6.45) is 1.75. The molecule has 1 aromatic heterocycles. The number of aliphatic hydroxyl groups excluding tert-OH is 1. The van der Waals surface area contributed by atoms with E-state index >= 15 is 0 Å². The van der Waals surface area contributed by atoms with Gasteiger partial charge < -0.3 is 9.84 Å². The van der Waals surface area contributed by atoms with Gasteiger partial charge in [0.05, 0.1) is 22.5 Å². The summed E-state index contributed by atoms with van der Waals surface area (Å²) in [5, 5.41) is 14.0. The Balaban J connectivity index is 1.64. The first-order chi connectivity index (χ1) is 14.0. The molecule has 29 heavy (non-hydrogen) atoms. The van der Waals surface area contributed by atoms with Gasteiger partial charge in [0.25, 0.3) is 0 Å². The van der Waals surface area contributed by atoms with Gasteiger partial charge in [-0.3, -0.25) is 4.57 Å². The van der Waals surface area contributed by atoms with E-state index in [1.54, 1.807) is 18.5 Å². The minimum atomic E-state index is -3.71. The number of fused-ring (bicyclic) bond motifs is 1. The third kappa shape index (κ3) is 4.00. The van der Waals surface area contributed by atoms with Crippen LogP contribution in [-0.2, 0) is 10.0 Å². The maximum absolute atomic E-state index is 11.4. The fraction of sp³-hybridized carbons (Fsp3) is 0.0952. The van der Waals surface area contributed by atoms with Gasteiger partial charge in [-0.1, -0.05) is 18.2 Å². The van der Waals surface area contributed by atoms with Gasteiger partial charge in [-0.05, 0) is 59.7 Å². The molecule has 0 radical (unpaired) electrons. The van der Waals surface area contributed by atoms with Crippen LogP contribution < -0.4 is 9.88 Å². The Bertz CT molecular complexity index is 1250. The quantitative estimate of drug-likeness (QED) is 0.509. The molecule has 3 N–H and O–H groups in total. The fourth-order valence-electron chi connectivity index (χ4n) is 3.10. The van der Waals surface area contributed by atoms with Gasteiger partial charge >= 0.3 is 0 Å². The molecule has 1 heterocycles. The second-order valence-corrected chi connectivity index (χ2v) is 8.01. The van der Waals surface area contributed by atoms with Crippen LogP contribution in [0.25, 0.3) is 27.8 Å². The highest BCUT2D eigenvalue weighted by Crippen LogP contribution is 2.27. The molecule has 0 saturated heterocycles. The SMILES string of the molecule is NS(=O)(=O)c1ccc(-c2ccc3c(c2)ncn3-c2ccc(OCCO)cc2)cc1. The number of aromatic nitrogens is 2. The van der Waals surface area contributed by atoms with Gasteiger partial charge in [0, 0.05) is 5.69 Å².